The predicted molar refractivity (Wildman–Crippen MR) is 124 cm³/mol. The van der Waals surface area contributed by atoms with E-state index in [1.807, 2.05) is 31.2 Å². The van der Waals surface area contributed by atoms with Gasteiger partial charge in [-0.25, -0.2) is 4.79 Å². The van der Waals surface area contributed by atoms with Crippen LogP contribution in [-0.2, 0) is 14.3 Å². The van der Waals surface area contributed by atoms with E-state index in [4.69, 9.17) is 15.2 Å². The summed E-state index contributed by atoms with van der Waals surface area (Å²) in [5.74, 6) is 6.11. The Balaban J connectivity index is 1.95. The SMILES string of the molecule is COC(=O)N1CC[C@@H]2[C@H]1CCC[C@]2(C#Cc1cccc(C)c1)OC(=O)[C@@H](N)CC(C)(C)C. The lowest BCUT2D eigenvalue weighted by Crippen LogP contribution is -2.53. The van der Waals surface area contributed by atoms with Crippen molar-refractivity contribution in [1.29, 1.82) is 0 Å². The van der Waals surface area contributed by atoms with Crippen molar-refractivity contribution in [2.45, 2.75) is 77.5 Å². The highest BCUT2D eigenvalue weighted by Crippen LogP contribution is 2.45. The number of ether oxygens (including phenoxy) is 2. The number of nitrogens with zero attached hydrogens (tertiary/aromatic N) is 1. The maximum Gasteiger partial charge on any atom is 0.409 e. The van der Waals surface area contributed by atoms with Crippen LogP contribution in [0.15, 0.2) is 24.3 Å². The molecule has 1 amide bonds. The van der Waals surface area contributed by atoms with Crippen molar-refractivity contribution in [3.63, 3.8) is 0 Å². The Morgan fingerprint density at radius 1 is 1.31 bits per heavy atom. The van der Waals surface area contributed by atoms with Crippen LogP contribution in [0.3, 0.4) is 0 Å². The molecule has 0 unspecified atom stereocenters. The Kier molecular flexibility index (Phi) is 7.19. The fourth-order valence-corrected chi connectivity index (χ4v) is 5.06. The summed E-state index contributed by atoms with van der Waals surface area (Å²) < 4.78 is 11.2. The summed E-state index contributed by atoms with van der Waals surface area (Å²) in [5, 5.41) is 0. The van der Waals surface area contributed by atoms with Gasteiger partial charge in [-0.3, -0.25) is 4.79 Å². The number of hydrogen-bond acceptors (Lipinski definition) is 5. The lowest BCUT2D eigenvalue weighted by Gasteiger charge is -2.43. The molecule has 0 aromatic heterocycles. The van der Waals surface area contributed by atoms with Crippen molar-refractivity contribution in [3.8, 4) is 11.8 Å². The van der Waals surface area contributed by atoms with Crippen molar-refractivity contribution < 1.29 is 19.1 Å². The normalized spacial score (nSPS) is 25.9. The van der Waals surface area contributed by atoms with Gasteiger partial charge in [0.25, 0.3) is 0 Å². The molecule has 0 bridgehead atoms. The second-order valence-corrected chi connectivity index (χ2v) is 10.3. The van der Waals surface area contributed by atoms with Gasteiger partial charge < -0.3 is 20.1 Å². The fraction of sp³-hybridized carbons (Fsp3) is 0.615. The van der Waals surface area contributed by atoms with Crippen molar-refractivity contribution >= 4 is 12.1 Å². The average Bonchev–Trinajstić information content (AvgIpc) is 3.16. The number of rotatable bonds is 3. The van der Waals surface area contributed by atoms with E-state index in [0.29, 0.717) is 25.8 Å². The number of carbonyl (C=O) groups is 2. The maximum atomic E-state index is 13.1. The number of hydrogen-bond donors (Lipinski definition) is 1. The molecule has 2 fully saturated rings. The summed E-state index contributed by atoms with van der Waals surface area (Å²) in [5.41, 5.74) is 7.17. The van der Waals surface area contributed by atoms with Gasteiger partial charge >= 0.3 is 12.1 Å². The van der Waals surface area contributed by atoms with E-state index < -0.39 is 17.6 Å². The molecule has 4 atom stereocenters. The van der Waals surface area contributed by atoms with Gasteiger partial charge in [-0.15, -0.1) is 0 Å². The molecule has 0 radical (unpaired) electrons. The van der Waals surface area contributed by atoms with Crippen LogP contribution in [-0.4, -0.2) is 48.3 Å². The highest BCUT2D eigenvalue weighted by Gasteiger charge is 2.54. The molecule has 0 spiro atoms. The number of aryl methyl sites for hydroxylation is 1. The first-order valence-electron chi connectivity index (χ1n) is 11.5. The fourth-order valence-electron chi connectivity index (χ4n) is 5.06. The number of amides is 1. The Hall–Kier alpha value is -2.52. The molecule has 1 saturated carbocycles. The monoisotopic (exact) mass is 440 g/mol. The molecule has 2 N–H and O–H groups in total. The molecule has 1 aliphatic heterocycles. The summed E-state index contributed by atoms with van der Waals surface area (Å²) in [7, 11) is 1.40. The first-order chi connectivity index (χ1) is 15.0. The van der Waals surface area contributed by atoms with Gasteiger partial charge in [0.15, 0.2) is 5.60 Å². The Morgan fingerprint density at radius 2 is 2.06 bits per heavy atom. The van der Waals surface area contributed by atoms with E-state index in [0.717, 1.165) is 24.0 Å². The molecule has 1 heterocycles. The molecule has 1 saturated heterocycles. The molecule has 1 aromatic carbocycles. The topological polar surface area (TPSA) is 81.9 Å². The Bertz CT molecular complexity index is 910. The number of fused-ring (bicyclic) bond motifs is 1. The van der Waals surface area contributed by atoms with E-state index in [9.17, 15) is 9.59 Å². The van der Waals surface area contributed by atoms with Gasteiger partial charge in [0.2, 0.25) is 0 Å². The predicted octanol–water partition coefficient (Wildman–Crippen LogP) is 4.03. The molecule has 3 rings (SSSR count). The molecule has 1 aromatic rings. The van der Waals surface area contributed by atoms with Crippen molar-refractivity contribution in [3.05, 3.63) is 35.4 Å². The van der Waals surface area contributed by atoms with Crippen LogP contribution in [0.1, 0.15) is 64.0 Å². The zero-order chi connectivity index (χ0) is 23.5. The summed E-state index contributed by atoms with van der Waals surface area (Å²) in [4.78, 5) is 27.2. The molecule has 6 heteroatoms. The second-order valence-electron chi connectivity index (χ2n) is 10.3. The van der Waals surface area contributed by atoms with Crippen LogP contribution >= 0.6 is 0 Å². The van der Waals surface area contributed by atoms with Gasteiger partial charge in [0.05, 0.1) is 7.11 Å². The van der Waals surface area contributed by atoms with E-state index in [1.165, 1.54) is 7.11 Å². The van der Waals surface area contributed by atoms with E-state index in [1.54, 1.807) is 4.90 Å². The highest BCUT2D eigenvalue weighted by molar-refractivity contribution is 5.76. The minimum atomic E-state index is -0.970. The van der Waals surface area contributed by atoms with Crippen LogP contribution < -0.4 is 5.73 Å². The zero-order valence-electron chi connectivity index (χ0n) is 19.9. The third-order valence-electron chi connectivity index (χ3n) is 6.46. The number of esters is 1. The lowest BCUT2D eigenvalue weighted by atomic mass is 9.72. The van der Waals surface area contributed by atoms with Gasteiger partial charge in [0.1, 0.15) is 6.04 Å². The number of methoxy groups -OCH3 is 1. The zero-order valence-corrected chi connectivity index (χ0v) is 19.9. The van der Waals surface area contributed by atoms with E-state index in [-0.39, 0.29) is 23.5 Å². The third kappa shape index (κ3) is 5.45. The van der Waals surface area contributed by atoms with Gasteiger partial charge in [0, 0.05) is 24.1 Å². The second kappa shape index (κ2) is 9.54. The van der Waals surface area contributed by atoms with Gasteiger partial charge in [-0.1, -0.05) is 38.8 Å². The molecule has 6 nitrogen and oxygen atoms in total. The summed E-state index contributed by atoms with van der Waals surface area (Å²) >= 11 is 0. The molecule has 1 aliphatic carbocycles. The first kappa shape index (κ1) is 24.1. The number of nitrogens with two attached hydrogens (primary N) is 1. The molecule has 174 valence electrons. The van der Waals surface area contributed by atoms with E-state index in [2.05, 4.69) is 32.6 Å². The smallest absolute Gasteiger partial charge is 0.409 e. The highest BCUT2D eigenvalue weighted by atomic mass is 16.6. The maximum absolute atomic E-state index is 13.1. The lowest BCUT2D eigenvalue weighted by molar-refractivity contribution is -0.165. The van der Waals surface area contributed by atoms with Crippen molar-refractivity contribution in [1.82, 2.24) is 4.90 Å². The number of likely N-dealkylation sites (tertiary alicyclic amines) is 1. The first-order valence-corrected chi connectivity index (χ1v) is 11.5. The molecule has 32 heavy (non-hydrogen) atoms. The van der Waals surface area contributed by atoms with Crippen molar-refractivity contribution in [2.75, 3.05) is 13.7 Å². The summed E-state index contributed by atoms with van der Waals surface area (Å²) in [6, 6.07) is 7.19. The molecule has 2 aliphatic rings. The van der Waals surface area contributed by atoms with Crippen LogP contribution in [0.25, 0.3) is 0 Å². The molecular weight excluding hydrogens is 404 g/mol. The van der Waals surface area contributed by atoms with Crippen LogP contribution in [0.5, 0.6) is 0 Å². The number of carbonyl (C=O) groups excluding carboxylic acids is 2. The summed E-state index contributed by atoms with van der Waals surface area (Å²) in [6.07, 6.45) is 3.18. The Morgan fingerprint density at radius 3 is 2.72 bits per heavy atom. The molecular formula is C26H36N2O4. The van der Waals surface area contributed by atoms with Crippen LogP contribution in [0.4, 0.5) is 4.79 Å². The quantitative estimate of drug-likeness (QED) is 0.567. The standard InChI is InChI=1S/C26H36N2O4/c1-18-8-6-9-19(16-18)11-14-26(32-23(29)21(27)17-25(2,3)4)13-7-10-22-20(26)12-15-28(22)24(30)31-5/h6,8-9,16,20-22H,7,10,12-13,15,17,27H2,1-5H3/t20-,21+,22-,26-/m1/s1. The minimum absolute atomic E-state index is 0.0605. The Labute approximate surface area is 191 Å². The van der Waals surface area contributed by atoms with E-state index >= 15 is 0 Å². The van der Waals surface area contributed by atoms with Crippen molar-refractivity contribution in [2.24, 2.45) is 17.1 Å². The minimum Gasteiger partial charge on any atom is -0.453 e. The van der Waals surface area contributed by atoms with Crippen LogP contribution in [0, 0.1) is 30.1 Å². The largest absolute Gasteiger partial charge is 0.453 e. The average molecular weight is 441 g/mol. The van der Waals surface area contributed by atoms with Crippen LogP contribution in [0.2, 0.25) is 0 Å². The van der Waals surface area contributed by atoms with Gasteiger partial charge in [-0.05, 0) is 68.1 Å². The summed E-state index contributed by atoms with van der Waals surface area (Å²) in [6.45, 7) is 8.75. The third-order valence-corrected chi connectivity index (χ3v) is 6.46. The number of benzene rings is 1. The van der Waals surface area contributed by atoms with Gasteiger partial charge in [-0.2, -0.15) is 0 Å².